The van der Waals surface area contributed by atoms with E-state index in [-0.39, 0.29) is 0 Å². The maximum absolute atomic E-state index is 11.8. The maximum atomic E-state index is 11.8. The second-order valence-corrected chi connectivity index (χ2v) is 1.94. The Hall–Kier alpha value is -1.00. The molecule has 0 aliphatic rings. The van der Waals surface area contributed by atoms with Crippen molar-refractivity contribution in [1.29, 1.82) is 0 Å². The van der Waals surface area contributed by atoms with Crippen molar-refractivity contribution < 1.29 is 8.78 Å². The van der Waals surface area contributed by atoms with Crippen LogP contribution in [0.4, 0.5) is 8.78 Å². The van der Waals surface area contributed by atoms with E-state index in [1.54, 1.807) is 14.0 Å². The first-order chi connectivity index (χ1) is 5.61. The molecule has 0 saturated carbocycles. The molecule has 1 aromatic heterocycles. The van der Waals surface area contributed by atoms with E-state index in [1.807, 2.05) is 13.8 Å². The molecule has 0 aliphatic heterocycles. The fourth-order valence-electron chi connectivity index (χ4n) is 0.579. The molecule has 12 heavy (non-hydrogen) atoms. The third kappa shape index (κ3) is 2.56. The molecule has 0 fully saturated rings. The molecule has 0 unspecified atom stereocenters. The predicted molar refractivity (Wildman–Crippen MR) is 42.0 cm³/mol. The first kappa shape index (κ1) is 11.0. The first-order valence-electron chi connectivity index (χ1n) is 3.77. The Kier molecular flexibility index (Phi) is 4.39. The Balaban J connectivity index is 0.000000561. The highest BCUT2D eigenvalue weighted by Crippen LogP contribution is 2.13. The quantitative estimate of drug-likeness (QED) is 0.657. The number of hydrogen-bond acceptors (Lipinski definition) is 2. The SMILES string of the molecule is CC.Cc1nc(C(F)F)nn1C. The van der Waals surface area contributed by atoms with Crippen LogP contribution in [0.3, 0.4) is 0 Å². The average molecular weight is 177 g/mol. The van der Waals surface area contributed by atoms with Crippen LogP contribution in [0.25, 0.3) is 0 Å². The van der Waals surface area contributed by atoms with E-state index in [2.05, 4.69) is 10.1 Å². The average Bonchev–Trinajstić information content (AvgIpc) is 2.36. The molecule has 5 heteroatoms. The fourth-order valence-corrected chi connectivity index (χ4v) is 0.579. The summed E-state index contributed by atoms with van der Waals surface area (Å²) in [7, 11) is 1.58. The molecular weight excluding hydrogens is 164 g/mol. The van der Waals surface area contributed by atoms with Crippen LogP contribution in [0, 0.1) is 6.92 Å². The zero-order valence-corrected chi connectivity index (χ0v) is 7.67. The van der Waals surface area contributed by atoms with Gasteiger partial charge in [-0.1, -0.05) is 13.8 Å². The number of halogens is 2. The lowest BCUT2D eigenvalue weighted by Gasteiger charge is -1.86. The summed E-state index contributed by atoms with van der Waals surface area (Å²) >= 11 is 0. The molecule has 70 valence electrons. The van der Waals surface area contributed by atoms with Crippen LogP contribution in [0.5, 0.6) is 0 Å². The highest BCUT2D eigenvalue weighted by atomic mass is 19.3. The van der Waals surface area contributed by atoms with Crippen molar-refractivity contribution in [2.24, 2.45) is 7.05 Å². The summed E-state index contributed by atoms with van der Waals surface area (Å²) in [5.74, 6) is 0.0929. The van der Waals surface area contributed by atoms with Crippen LogP contribution in [-0.2, 0) is 7.05 Å². The number of nitrogens with zero attached hydrogens (tertiary/aromatic N) is 3. The molecule has 0 aromatic carbocycles. The summed E-state index contributed by atoms with van der Waals surface area (Å²) < 4.78 is 25.0. The molecule has 0 radical (unpaired) electrons. The summed E-state index contributed by atoms with van der Waals surface area (Å²) in [5.41, 5.74) is 0. The zero-order valence-electron chi connectivity index (χ0n) is 7.67. The Morgan fingerprint density at radius 1 is 1.33 bits per heavy atom. The van der Waals surface area contributed by atoms with Crippen molar-refractivity contribution >= 4 is 0 Å². The van der Waals surface area contributed by atoms with Gasteiger partial charge in [0.25, 0.3) is 6.43 Å². The van der Waals surface area contributed by atoms with Gasteiger partial charge in [-0.05, 0) is 6.92 Å². The molecule has 0 aliphatic carbocycles. The number of aryl methyl sites for hydroxylation is 2. The summed E-state index contributed by atoms with van der Waals surface area (Å²) in [5, 5.41) is 3.47. The molecule has 1 heterocycles. The molecule has 0 amide bonds. The molecule has 1 aromatic rings. The summed E-state index contributed by atoms with van der Waals surface area (Å²) in [4.78, 5) is 3.51. The standard InChI is InChI=1S/C5H7F2N3.C2H6/c1-3-8-5(4(6)7)9-10(3)2;1-2/h4H,1-2H3;1-2H3. The van der Waals surface area contributed by atoms with Crippen LogP contribution in [0.15, 0.2) is 0 Å². The van der Waals surface area contributed by atoms with E-state index in [0.717, 1.165) is 0 Å². The Bertz CT molecular complexity index is 213. The highest BCUT2D eigenvalue weighted by Gasteiger charge is 2.13. The third-order valence-electron chi connectivity index (χ3n) is 1.19. The van der Waals surface area contributed by atoms with Crippen molar-refractivity contribution in [1.82, 2.24) is 14.8 Å². The summed E-state index contributed by atoms with van der Waals surface area (Å²) in [6.45, 7) is 5.62. The molecule has 0 bridgehead atoms. The van der Waals surface area contributed by atoms with Crippen LogP contribution in [0.2, 0.25) is 0 Å². The Morgan fingerprint density at radius 3 is 2.00 bits per heavy atom. The summed E-state index contributed by atoms with van der Waals surface area (Å²) in [6, 6.07) is 0. The zero-order chi connectivity index (χ0) is 9.72. The van der Waals surface area contributed by atoms with Crippen molar-refractivity contribution in [3.8, 4) is 0 Å². The first-order valence-corrected chi connectivity index (χ1v) is 3.77. The number of aromatic nitrogens is 3. The molecular formula is C7H13F2N3. The number of hydrogen-bond donors (Lipinski definition) is 0. The van der Waals surface area contributed by atoms with Gasteiger partial charge in [-0.2, -0.15) is 5.10 Å². The normalized spacial score (nSPS) is 9.58. The van der Waals surface area contributed by atoms with Gasteiger partial charge in [0.15, 0.2) is 0 Å². The lowest BCUT2D eigenvalue weighted by molar-refractivity contribution is 0.140. The minimum absolute atomic E-state index is 0.403. The van der Waals surface area contributed by atoms with Crippen molar-refractivity contribution in [2.45, 2.75) is 27.2 Å². The monoisotopic (exact) mass is 177 g/mol. The molecule has 3 nitrogen and oxygen atoms in total. The highest BCUT2D eigenvalue weighted by molar-refractivity contribution is 4.90. The topological polar surface area (TPSA) is 30.7 Å². The molecule has 0 atom stereocenters. The van der Waals surface area contributed by atoms with Crippen molar-refractivity contribution in [3.63, 3.8) is 0 Å². The van der Waals surface area contributed by atoms with E-state index in [9.17, 15) is 8.78 Å². The third-order valence-corrected chi connectivity index (χ3v) is 1.19. The Labute approximate surface area is 70.4 Å². The molecule has 0 spiro atoms. The number of rotatable bonds is 1. The predicted octanol–water partition coefficient (Wildman–Crippen LogP) is 2.09. The van der Waals surface area contributed by atoms with E-state index < -0.39 is 12.2 Å². The van der Waals surface area contributed by atoms with Crippen molar-refractivity contribution in [2.75, 3.05) is 0 Å². The van der Waals surface area contributed by atoms with Gasteiger partial charge in [-0.15, -0.1) is 0 Å². The maximum Gasteiger partial charge on any atom is 0.299 e. The minimum atomic E-state index is -2.57. The van der Waals surface area contributed by atoms with Crippen LogP contribution in [-0.4, -0.2) is 14.8 Å². The fraction of sp³-hybridized carbons (Fsp3) is 0.714. The van der Waals surface area contributed by atoms with Gasteiger partial charge in [0, 0.05) is 7.05 Å². The van der Waals surface area contributed by atoms with Crippen LogP contribution in [0.1, 0.15) is 31.9 Å². The largest absolute Gasteiger partial charge is 0.299 e. The van der Waals surface area contributed by atoms with Gasteiger partial charge in [-0.3, -0.25) is 4.68 Å². The second kappa shape index (κ2) is 4.79. The van der Waals surface area contributed by atoms with E-state index in [1.165, 1.54) is 4.68 Å². The molecule has 0 N–H and O–H groups in total. The van der Waals surface area contributed by atoms with Gasteiger partial charge in [0.05, 0.1) is 0 Å². The van der Waals surface area contributed by atoms with E-state index >= 15 is 0 Å². The smallest absolute Gasteiger partial charge is 0.253 e. The number of alkyl halides is 2. The van der Waals surface area contributed by atoms with E-state index in [0.29, 0.717) is 5.82 Å². The van der Waals surface area contributed by atoms with Gasteiger partial charge >= 0.3 is 0 Å². The molecule has 1 rings (SSSR count). The van der Waals surface area contributed by atoms with Gasteiger partial charge in [0.1, 0.15) is 5.82 Å². The van der Waals surface area contributed by atoms with Crippen LogP contribution < -0.4 is 0 Å². The van der Waals surface area contributed by atoms with E-state index in [4.69, 9.17) is 0 Å². The van der Waals surface area contributed by atoms with Crippen LogP contribution >= 0.6 is 0 Å². The minimum Gasteiger partial charge on any atom is -0.253 e. The lowest BCUT2D eigenvalue weighted by Crippen LogP contribution is -1.93. The van der Waals surface area contributed by atoms with Gasteiger partial charge in [-0.25, -0.2) is 13.8 Å². The van der Waals surface area contributed by atoms with Gasteiger partial charge < -0.3 is 0 Å². The summed E-state index contributed by atoms with van der Waals surface area (Å²) in [6.07, 6.45) is -2.57. The molecule has 0 saturated heterocycles. The Morgan fingerprint density at radius 2 is 1.83 bits per heavy atom. The van der Waals surface area contributed by atoms with Crippen molar-refractivity contribution in [3.05, 3.63) is 11.6 Å². The second-order valence-electron chi connectivity index (χ2n) is 1.94. The lowest BCUT2D eigenvalue weighted by atomic mass is 10.6. The van der Waals surface area contributed by atoms with Gasteiger partial charge in [0.2, 0.25) is 5.82 Å².